The molecule has 0 heterocycles. The van der Waals surface area contributed by atoms with Crippen molar-refractivity contribution in [3.05, 3.63) is 59.4 Å². The van der Waals surface area contributed by atoms with Gasteiger partial charge in [-0.25, -0.2) is 0 Å². The number of allylic oxidation sites excluding steroid dienone is 8. The SMILES string of the molecule is C=C(/C=C(N)\C=C/C)C1=CC(C)CC(C)=C1. The third-order valence-corrected chi connectivity index (χ3v) is 2.58. The Hall–Kier alpha value is -1.50. The van der Waals surface area contributed by atoms with Gasteiger partial charge in [-0.3, -0.25) is 0 Å². The second kappa shape index (κ2) is 5.55. The molecule has 1 heteroatoms. The standard InChI is InChI=1S/C15H21N/c1-5-6-15(16)10-13(4)14-8-11(2)7-12(3)9-14/h5-6,8-11H,4,7,16H2,1-3H3/b6-5-,15-10+. The lowest BCUT2D eigenvalue weighted by atomic mass is 9.89. The third kappa shape index (κ3) is 3.58. The summed E-state index contributed by atoms with van der Waals surface area (Å²) in [6.07, 6.45) is 11.3. The summed E-state index contributed by atoms with van der Waals surface area (Å²) >= 11 is 0. The molecule has 1 nitrogen and oxygen atoms in total. The van der Waals surface area contributed by atoms with Crippen molar-refractivity contribution in [1.82, 2.24) is 0 Å². The van der Waals surface area contributed by atoms with E-state index in [9.17, 15) is 0 Å². The first kappa shape index (κ1) is 12.6. The van der Waals surface area contributed by atoms with E-state index in [1.54, 1.807) is 0 Å². The first-order valence-electron chi connectivity index (χ1n) is 5.71. The van der Waals surface area contributed by atoms with Crippen LogP contribution >= 0.6 is 0 Å². The first-order valence-corrected chi connectivity index (χ1v) is 5.71. The zero-order valence-electron chi connectivity index (χ0n) is 10.5. The number of hydrogen-bond acceptors (Lipinski definition) is 1. The molecule has 0 aromatic carbocycles. The van der Waals surface area contributed by atoms with Crippen LogP contribution in [0.4, 0.5) is 0 Å². The Bertz CT molecular complexity index is 392. The summed E-state index contributed by atoms with van der Waals surface area (Å²) in [4.78, 5) is 0. The lowest BCUT2D eigenvalue weighted by molar-refractivity contribution is 0.702. The van der Waals surface area contributed by atoms with Crippen LogP contribution in [0.1, 0.15) is 27.2 Å². The van der Waals surface area contributed by atoms with Gasteiger partial charge in [0.25, 0.3) is 0 Å². The lowest BCUT2D eigenvalue weighted by Crippen LogP contribution is -2.01. The van der Waals surface area contributed by atoms with Crippen molar-refractivity contribution in [3.8, 4) is 0 Å². The molecule has 1 aliphatic carbocycles. The van der Waals surface area contributed by atoms with Crippen molar-refractivity contribution < 1.29 is 0 Å². The molecule has 1 rings (SSSR count). The number of nitrogens with two attached hydrogens (primary N) is 1. The minimum Gasteiger partial charge on any atom is -0.399 e. The second-order valence-electron chi connectivity index (χ2n) is 4.46. The maximum Gasteiger partial charge on any atom is 0.0316 e. The van der Waals surface area contributed by atoms with E-state index in [0.717, 1.165) is 17.7 Å². The van der Waals surface area contributed by atoms with E-state index in [0.29, 0.717) is 5.92 Å². The molecule has 1 aliphatic rings. The van der Waals surface area contributed by atoms with Gasteiger partial charge in [0.2, 0.25) is 0 Å². The number of rotatable bonds is 3. The molecule has 0 spiro atoms. The predicted octanol–water partition coefficient (Wildman–Crippen LogP) is 3.87. The number of hydrogen-bond donors (Lipinski definition) is 1. The fraction of sp³-hybridized carbons (Fsp3) is 0.333. The van der Waals surface area contributed by atoms with Gasteiger partial charge in [-0.15, -0.1) is 0 Å². The zero-order valence-corrected chi connectivity index (χ0v) is 10.5. The van der Waals surface area contributed by atoms with Crippen molar-refractivity contribution in [2.75, 3.05) is 0 Å². The smallest absolute Gasteiger partial charge is 0.0316 e. The summed E-state index contributed by atoms with van der Waals surface area (Å²) in [5.74, 6) is 0.591. The third-order valence-electron chi connectivity index (χ3n) is 2.58. The van der Waals surface area contributed by atoms with Crippen LogP contribution in [-0.2, 0) is 0 Å². The monoisotopic (exact) mass is 215 g/mol. The van der Waals surface area contributed by atoms with Crippen LogP contribution in [0.2, 0.25) is 0 Å². The zero-order chi connectivity index (χ0) is 12.1. The topological polar surface area (TPSA) is 26.0 Å². The van der Waals surface area contributed by atoms with Crippen molar-refractivity contribution >= 4 is 0 Å². The normalized spacial score (nSPS) is 21.9. The molecule has 0 aromatic rings. The highest BCUT2D eigenvalue weighted by atomic mass is 14.5. The highest BCUT2D eigenvalue weighted by molar-refractivity contribution is 5.49. The van der Waals surface area contributed by atoms with Crippen LogP contribution in [-0.4, -0.2) is 0 Å². The lowest BCUT2D eigenvalue weighted by Gasteiger charge is -2.16. The molecule has 0 saturated carbocycles. The van der Waals surface area contributed by atoms with Gasteiger partial charge in [-0.05, 0) is 49.5 Å². The minimum atomic E-state index is 0.591. The molecule has 1 unspecified atom stereocenters. The quantitative estimate of drug-likeness (QED) is 0.710. The van der Waals surface area contributed by atoms with Crippen LogP contribution in [0.15, 0.2) is 59.4 Å². The van der Waals surface area contributed by atoms with Gasteiger partial charge < -0.3 is 5.73 Å². The van der Waals surface area contributed by atoms with E-state index >= 15 is 0 Å². The Morgan fingerprint density at radius 3 is 2.81 bits per heavy atom. The van der Waals surface area contributed by atoms with E-state index in [2.05, 4.69) is 32.6 Å². The first-order chi connectivity index (χ1) is 7.52. The Kier molecular flexibility index (Phi) is 4.36. The molecule has 0 amide bonds. The molecular weight excluding hydrogens is 194 g/mol. The fourth-order valence-corrected chi connectivity index (χ4v) is 1.97. The highest BCUT2D eigenvalue weighted by Gasteiger charge is 2.09. The van der Waals surface area contributed by atoms with E-state index in [-0.39, 0.29) is 0 Å². The maximum atomic E-state index is 5.83. The average molecular weight is 215 g/mol. The molecule has 2 N–H and O–H groups in total. The molecule has 0 aliphatic heterocycles. The van der Waals surface area contributed by atoms with Gasteiger partial charge in [0.15, 0.2) is 0 Å². The molecule has 0 aromatic heterocycles. The summed E-state index contributed by atoms with van der Waals surface area (Å²) in [7, 11) is 0. The molecule has 86 valence electrons. The van der Waals surface area contributed by atoms with Crippen LogP contribution in [0, 0.1) is 5.92 Å². The Balaban J connectivity index is 2.86. The average Bonchev–Trinajstić information content (AvgIpc) is 2.16. The molecule has 0 bridgehead atoms. The summed E-state index contributed by atoms with van der Waals surface area (Å²) in [6, 6.07) is 0. The van der Waals surface area contributed by atoms with E-state index in [1.165, 1.54) is 11.1 Å². The van der Waals surface area contributed by atoms with Crippen LogP contribution in [0.3, 0.4) is 0 Å². The molecule has 0 radical (unpaired) electrons. The molecule has 0 fully saturated rings. The summed E-state index contributed by atoms with van der Waals surface area (Å²) in [5.41, 5.74) is 10.2. The van der Waals surface area contributed by atoms with Crippen molar-refractivity contribution in [3.63, 3.8) is 0 Å². The fourth-order valence-electron chi connectivity index (χ4n) is 1.97. The van der Waals surface area contributed by atoms with Gasteiger partial charge in [0.05, 0.1) is 0 Å². The Morgan fingerprint density at radius 2 is 2.25 bits per heavy atom. The highest BCUT2D eigenvalue weighted by Crippen LogP contribution is 2.26. The predicted molar refractivity (Wildman–Crippen MR) is 71.8 cm³/mol. The summed E-state index contributed by atoms with van der Waals surface area (Å²) in [5, 5.41) is 0. The van der Waals surface area contributed by atoms with Crippen LogP contribution in [0.25, 0.3) is 0 Å². The molecule has 16 heavy (non-hydrogen) atoms. The van der Waals surface area contributed by atoms with Gasteiger partial charge in [0.1, 0.15) is 0 Å². The minimum absolute atomic E-state index is 0.591. The summed E-state index contributed by atoms with van der Waals surface area (Å²) < 4.78 is 0. The summed E-state index contributed by atoms with van der Waals surface area (Å²) in [6.45, 7) is 10.4. The molecule has 1 atom stereocenters. The molecule has 0 saturated heterocycles. The second-order valence-corrected chi connectivity index (χ2v) is 4.46. The largest absolute Gasteiger partial charge is 0.399 e. The Labute approximate surface area is 98.7 Å². The van der Waals surface area contributed by atoms with Gasteiger partial charge in [0, 0.05) is 5.70 Å². The van der Waals surface area contributed by atoms with Crippen molar-refractivity contribution in [1.29, 1.82) is 0 Å². The maximum absolute atomic E-state index is 5.83. The van der Waals surface area contributed by atoms with Crippen LogP contribution < -0.4 is 5.73 Å². The van der Waals surface area contributed by atoms with Gasteiger partial charge in [-0.2, -0.15) is 0 Å². The van der Waals surface area contributed by atoms with Crippen LogP contribution in [0.5, 0.6) is 0 Å². The van der Waals surface area contributed by atoms with Crippen molar-refractivity contribution in [2.45, 2.75) is 27.2 Å². The Morgan fingerprint density at radius 1 is 1.56 bits per heavy atom. The van der Waals surface area contributed by atoms with E-state index < -0.39 is 0 Å². The van der Waals surface area contributed by atoms with E-state index in [1.807, 2.05) is 25.2 Å². The molecular formula is C15H21N. The van der Waals surface area contributed by atoms with Gasteiger partial charge in [-0.1, -0.05) is 37.3 Å². The van der Waals surface area contributed by atoms with E-state index in [4.69, 9.17) is 5.73 Å². The van der Waals surface area contributed by atoms with Gasteiger partial charge >= 0.3 is 0 Å². The van der Waals surface area contributed by atoms with Crippen molar-refractivity contribution in [2.24, 2.45) is 11.7 Å².